The fourth-order valence-electron chi connectivity index (χ4n) is 4.98. The number of carbonyl (C=O) groups is 1. The highest BCUT2D eigenvalue weighted by Crippen LogP contribution is 2.37. The summed E-state index contributed by atoms with van der Waals surface area (Å²) in [5, 5.41) is 6.23. The molecule has 0 aliphatic carbocycles. The molecule has 1 fully saturated rings. The Kier molecular flexibility index (Phi) is 10.4. The molecule has 0 saturated carbocycles. The standard InChI is InChI=1S/C32H32Cl2FN5O4/c1-42-30-18-25-27(19-31(30)43-13-5-12-39-10-3-2-4-11-39)37-9-8-28(25)44-29-7-6-21(14-26(29)35)20-38-40(32(36)41)24-16-22(33)15-23(34)17-24/h6-9,14-20H,2-5,10-13H2,1H3,(H2,36,41)/b38-20+. The summed E-state index contributed by atoms with van der Waals surface area (Å²) >= 11 is 12.1. The van der Waals surface area contributed by atoms with Crippen LogP contribution < -0.4 is 25.0 Å². The minimum absolute atomic E-state index is 0.0139. The van der Waals surface area contributed by atoms with Crippen LogP contribution in [0, 0.1) is 5.82 Å². The highest BCUT2D eigenvalue weighted by molar-refractivity contribution is 6.35. The van der Waals surface area contributed by atoms with E-state index in [0.29, 0.717) is 50.4 Å². The molecule has 5 rings (SSSR count). The van der Waals surface area contributed by atoms with Crippen molar-refractivity contribution in [3.05, 3.63) is 82.2 Å². The predicted molar refractivity (Wildman–Crippen MR) is 171 cm³/mol. The molecule has 0 atom stereocenters. The van der Waals surface area contributed by atoms with Crippen molar-refractivity contribution in [2.45, 2.75) is 25.7 Å². The number of ether oxygens (including phenoxy) is 3. The lowest BCUT2D eigenvalue weighted by Gasteiger charge is -2.26. The second kappa shape index (κ2) is 14.6. The number of rotatable bonds is 11. The van der Waals surface area contributed by atoms with Crippen molar-refractivity contribution >= 4 is 52.0 Å². The van der Waals surface area contributed by atoms with E-state index >= 15 is 4.39 Å². The Labute approximate surface area is 264 Å². The molecule has 0 radical (unpaired) electrons. The van der Waals surface area contributed by atoms with Crippen molar-refractivity contribution < 1.29 is 23.4 Å². The van der Waals surface area contributed by atoms with E-state index in [1.54, 1.807) is 37.6 Å². The van der Waals surface area contributed by atoms with Crippen LogP contribution in [0.4, 0.5) is 14.9 Å². The highest BCUT2D eigenvalue weighted by Gasteiger charge is 2.16. The lowest BCUT2D eigenvalue weighted by molar-refractivity contribution is 0.203. The van der Waals surface area contributed by atoms with Crippen LogP contribution in [0.15, 0.2) is 65.9 Å². The van der Waals surface area contributed by atoms with Gasteiger partial charge in [-0.15, -0.1) is 0 Å². The van der Waals surface area contributed by atoms with Crippen molar-refractivity contribution in [1.82, 2.24) is 9.88 Å². The van der Waals surface area contributed by atoms with E-state index in [9.17, 15) is 4.79 Å². The summed E-state index contributed by atoms with van der Waals surface area (Å²) in [5.74, 6) is 0.850. The van der Waals surface area contributed by atoms with Gasteiger partial charge in [0.15, 0.2) is 23.1 Å². The van der Waals surface area contributed by atoms with Crippen LogP contribution in [0.5, 0.6) is 23.0 Å². The SMILES string of the molecule is COc1cc2c(Oc3ccc(/C=N/N(C(N)=O)c4cc(Cl)cc(Cl)c4)cc3F)ccnc2cc1OCCCN1CCCCC1. The molecule has 0 spiro atoms. The quantitative estimate of drug-likeness (QED) is 0.103. The number of benzene rings is 3. The molecular formula is C32H32Cl2FN5O4. The van der Waals surface area contributed by atoms with Crippen LogP contribution in [0.25, 0.3) is 10.9 Å². The first kappa shape index (κ1) is 31.3. The van der Waals surface area contributed by atoms with Gasteiger partial charge in [0.2, 0.25) is 0 Å². The number of urea groups is 1. The van der Waals surface area contributed by atoms with Gasteiger partial charge in [-0.3, -0.25) is 4.98 Å². The second-order valence-electron chi connectivity index (χ2n) is 10.2. The second-order valence-corrected chi connectivity index (χ2v) is 11.1. The third-order valence-corrected chi connectivity index (χ3v) is 7.55. The normalized spacial score (nSPS) is 13.7. The summed E-state index contributed by atoms with van der Waals surface area (Å²) in [6.45, 7) is 3.86. The summed E-state index contributed by atoms with van der Waals surface area (Å²) in [5.41, 5.74) is 6.71. The number of halogens is 3. The topological polar surface area (TPSA) is 103 Å². The first-order chi connectivity index (χ1) is 21.3. The lowest BCUT2D eigenvalue weighted by atomic mass is 10.1. The predicted octanol–water partition coefficient (Wildman–Crippen LogP) is 7.66. The number of nitrogens with zero attached hydrogens (tertiary/aromatic N) is 4. The number of hydrazone groups is 1. The van der Waals surface area contributed by atoms with E-state index in [2.05, 4.69) is 15.0 Å². The number of methoxy groups -OCH3 is 1. The van der Waals surface area contributed by atoms with Crippen molar-refractivity contribution in [2.75, 3.05) is 38.4 Å². The Morgan fingerprint density at radius 1 is 1.02 bits per heavy atom. The monoisotopic (exact) mass is 639 g/mol. The fraction of sp³-hybridized carbons (Fsp3) is 0.281. The van der Waals surface area contributed by atoms with E-state index in [4.69, 9.17) is 43.1 Å². The molecule has 4 aromatic rings. The number of anilines is 1. The van der Waals surface area contributed by atoms with Crippen LogP contribution in [-0.4, -0.2) is 55.5 Å². The largest absolute Gasteiger partial charge is 0.493 e. The van der Waals surface area contributed by atoms with E-state index in [1.165, 1.54) is 55.8 Å². The molecule has 2 amide bonds. The van der Waals surface area contributed by atoms with Crippen molar-refractivity contribution in [2.24, 2.45) is 10.8 Å². The Morgan fingerprint density at radius 3 is 2.50 bits per heavy atom. The molecule has 0 bridgehead atoms. The van der Waals surface area contributed by atoms with Gasteiger partial charge in [-0.2, -0.15) is 10.1 Å². The minimum atomic E-state index is -0.869. The number of hydrogen-bond donors (Lipinski definition) is 1. The number of primary amides is 1. The molecule has 1 aromatic heterocycles. The zero-order valence-electron chi connectivity index (χ0n) is 24.1. The molecule has 1 aliphatic heterocycles. The Balaban J connectivity index is 1.29. The first-order valence-corrected chi connectivity index (χ1v) is 15.0. The Hall–Kier alpha value is -4.12. The van der Waals surface area contributed by atoms with Crippen LogP contribution in [-0.2, 0) is 0 Å². The maximum absolute atomic E-state index is 15.2. The van der Waals surface area contributed by atoms with Gasteiger partial charge in [0.1, 0.15) is 5.75 Å². The van der Waals surface area contributed by atoms with Gasteiger partial charge >= 0.3 is 6.03 Å². The number of pyridine rings is 1. The average molecular weight is 641 g/mol. The maximum atomic E-state index is 15.2. The Morgan fingerprint density at radius 2 is 1.80 bits per heavy atom. The van der Waals surface area contributed by atoms with Crippen LogP contribution in [0.1, 0.15) is 31.2 Å². The van der Waals surface area contributed by atoms with E-state index < -0.39 is 11.8 Å². The van der Waals surface area contributed by atoms with Gasteiger partial charge in [0.25, 0.3) is 0 Å². The summed E-state index contributed by atoms with van der Waals surface area (Å²) in [6, 6.07) is 13.1. The van der Waals surface area contributed by atoms with Crippen LogP contribution >= 0.6 is 23.2 Å². The maximum Gasteiger partial charge on any atom is 0.340 e. The number of hydrogen-bond acceptors (Lipinski definition) is 7. The van der Waals surface area contributed by atoms with Gasteiger partial charge in [0.05, 0.1) is 31.1 Å². The van der Waals surface area contributed by atoms with Crippen LogP contribution in [0.2, 0.25) is 10.0 Å². The molecule has 230 valence electrons. The van der Waals surface area contributed by atoms with E-state index in [-0.39, 0.29) is 11.4 Å². The van der Waals surface area contributed by atoms with Gasteiger partial charge in [0, 0.05) is 34.2 Å². The molecule has 44 heavy (non-hydrogen) atoms. The molecular weight excluding hydrogens is 608 g/mol. The van der Waals surface area contributed by atoms with E-state index in [0.717, 1.165) is 31.1 Å². The number of nitrogens with two attached hydrogens (primary N) is 1. The number of amides is 2. The fourth-order valence-corrected chi connectivity index (χ4v) is 5.49. The molecule has 1 saturated heterocycles. The zero-order valence-corrected chi connectivity index (χ0v) is 25.7. The molecule has 0 unspecified atom stereocenters. The Bertz CT molecular complexity index is 1650. The number of carbonyl (C=O) groups excluding carboxylic acids is 1. The molecule has 1 aliphatic rings. The van der Waals surface area contributed by atoms with Crippen molar-refractivity contribution in [1.29, 1.82) is 0 Å². The summed E-state index contributed by atoms with van der Waals surface area (Å²) in [7, 11) is 1.57. The molecule has 3 aromatic carbocycles. The van der Waals surface area contributed by atoms with Gasteiger partial charge < -0.3 is 24.8 Å². The smallest absolute Gasteiger partial charge is 0.340 e. The van der Waals surface area contributed by atoms with Gasteiger partial charge in [-0.25, -0.2) is 9.18 Å². The molecule has 9 nitrogen and oxygen atoms in total. The first-order valence-electron chi connectivity index (χ1n) is 14.2. The summed E-state index contributed by atoms with van der Waals surface area (Å²) in [6.07, 6.45) is 7.61. The average Bonchev–Trinajstić information content (AvgIpc) is 3.00. The van der Waals surface area contributed by atoms with Crippen LogP contribution in [0.3, 0.4) is 0 Å². The van der Waals surface area contributed by atoms with Crippen molar-refractivity contribution in [3.63, 3.8) is 0 Å². The summed E-state index contributed by atoms with van der Waals surface area (Å²) < 4.78 is 32.8. The number of likely N-dealkylation sites (tertiary alicyclic amines) is 1. The number of aromatic nitrogens is 1. The molecule has 2 heterocycles. The van der Waals surface area contributed by atoms with Crippen molar-refractivity contribution in [3.8, 4) is 23.0 Å². The number of fused-ring (bicyclic) bond motifs is 1. The third-order valence-electron chi connectivity index (χ3n) is 7.11. The summed E-state index contributed by atoms with van der Waals surface area (Å²) in [4.78, 5) is 18.9. The van der Waals surface area contributed by atoms with E-state index in [1.807, 2.05) is 0 Å². The molecule has 12 heteroatoms. The van der Waals surface area contributed by atoms with Gasteiger partial charge in [-0.1, -0.05) is 29.6 Å². The lowest BCUT2D eigenvalue weighted by Crippen LogP contribution is -2.31. The van der Waals surface area contributed by atoms with Gasteiger partial charge in [-0.05, 0) is 86.4 Å². The third kappa shape index (κ3) is 7.88. The molecule has 2 N–H and O–H groups in total. The number of piperidine rings is 1. The highest BCUT2D eigenvalue weighted by atomic mass is 35.5. The minimum Gasteiger partial charge on any atom is -0.493 e. The zero-order chi connectivity index (χ0) is 31.1.